The molecular weight excluding hydrogens is 942 g/mol. The van der Waals surface area contributed by atoms with Gasteiger partial charge in [-0.25, -0.2) is 0 Å². The molecule has 0 unspecified atom stereocenters. The largest absolute Gasteiger partial charge is 0.311 e. The van der Waals surface area contributed by atoms with Gasteiger partial charge in [-0.05, 0) is 184 Å². The molecule has 0 N–H and O–H groups in total. The minimum atomic E-state index is -0.0779. The summed E-state index contributed by atoms with van der Waals surface area (Å²) in [5, 5.41) is 0. The fraction of sp³-hybridized carbons (Fsp3) is 0.351. The van der Waals surface area contributed by atoms with E-state index < -0.39 is 0 Å². The van der Waals surface area contributed by atoms with E-state index in [0.29, 0.717) is 0 Å². The third-order valence-electron chi connectivity index (χ3n) is 18.5. The summed E-state index contributed by atoms with van der Waals surface area (Å²) in [6.07, 6.45) is 2.21. The van der Waals surface area contributed by atoms with E-state index >= 15 is 0 Å². The van der Waals surface area contributed by atoms with Crippen molar-refractivity contribution in [3.8, 4) is 11.1 Å². The van der Waals surface area contributed by atoms with Gasteiger partial charge in [-0.1, -0.05) is 209 Å². The minimum absolute atomic E-state index is 0.00370. The first-order chi connectivity index (χ1) is 36.5. The van der Waals surface area contributed by atoms with E-state index in [9.17, 15) is 0 Å². The number of nitrogens with zero attached hydrogens (tertiary/aromatic N) is 3. The van der Waals surface area contributed by atoms with Crippen LogP contribution in [0.4, 0.5) is 51.2 Å². The lowest BCUT2D eigenvalue weighted by Crippen LogP contribution is -2.61. The summed E-state index contributed by atoms with van der Waals surface area (Å²) >= 11 is 0. The molecule has 4 heteroatoms. The van der Waals surface area contributed by atoms with E-state index in [1.165, 1.54) is 101 Å². The standard InChI is InChI=1S/C74H82BN3/c1-68(2,3)48-30-28-47(29-31-48)55-38-49(69(4,5)6)32-36-62(55)78-63-37-33-50(70(7,8)9)39-60(63)75-61-43-58-59(74(16,17)46-73(58,14)15)44-64(61)77(53-34-35-56-57(40-53)72(12,13)45-71(56,10)11)65-41-54(42-66(78)67(65)75)76(51-24-20-18-21-25-51)52-26-22-19-23-27-52/h18-44H,45-46H2,1-17H3. The molecule has 78 heavy (non-hydrogen) atoms. The number of fused-ring (bicyclic) bond motifs is 6. The maximum atomic E-state index is 2.71. The number of anilines is 9. The minimum Gasteiger partial charge on any atom is -0.311 e. The summed E-state index contributed by atoms with van der Waals surface area (Å²) in [6.45, 7) is 40.8. The van der Waals surface area contributed by atoms with Gasteiger partial charge in [-0.3, -0.25) is 0 Å². The van der Waals surface area contributed by atoms with Gasteiger partial charge in [0, 0.05) is 45.4 Å². The highest BCUT2D eigenvalue weighted by Crippen LogP contribution is 2.56. The SMILES string of the molecule is CC(C)(C)c1ccc(-c2cc(C(C)(C)C)ccc2N2c3ccc(C(C)(C)C)cc3B3c4cc5c(cc4N(c4ccc6c(c4)C(C)(C)CC6(C)C)c4cc(N(c6ccccc6)c6ccccc6)cc2c43)C(C)(C)CC5(C)C)cc1. The fourth-order valence-electron chi connectivity index (χ4n) is 14.9. The fourth-order valence-corrected chi connectivity index (χ4v) is 14.9. The summed E-state index contributed by atoms with van der Waals surface area (Å²) in [7, 11) is 0. The molecule has 8 aromatic rings. The van der Waals surface area contributed by atoms with Crippen molar-refractivity contribution in [1.29, 1.82) is 0 Å². The molecule has 0 bridgehead atoms. The highest BCUT2D eigenvalue weighted by Gasteiger charge is 2.50. The maximum Gasteiger partial charge on any atom is 0.252 e. The van der Waals surface area contributed by atoms with Crippen molar-refractivity contribution in [3.05, 3.63) is 203 Å². The van der Waals surface area contributed by atoms with Crippen molar-refractivity contribution < 1.29 is 0 Å². The van der Waals surface area contributed by atoms with E-state index in [1.807, 2.05) is 0 Å². The number of hydrogen-bond acceptors (Lipinski definition) is 3. The van der Waals surface area contributed by atoms with Crippen molar-refractivity contribution in [3.63, 3.8) is 0 Å². The number of rotatable bonds is 6. The Labute approximate surface area is 468 Å². The van der Waals surface area contributed by atoms with Crippen LogP contribution in [-0.2, 0) is 37.9 Å². The Kier molecular flexibility index (Phi) is 11.6. The third-order valence-corrected chi connectivity index (χ3v) is 18.5. The normalized spacial score (nSPS) is 17.3. The van der Waals surface area contributed by atoms with Crippen LogP contribution in [-0.4, -0.2) is 6.71 Å². The van der Waals surface area contributed by atoms with Crippen LogP contribution >= 0.6 is 0 Å². The highest BCUT2D eigenvalue weighted by molar-refractivity contribution is 7.00. The first-order valence-corrected chi connectivity index (χ1v) is 29.0. The zero-order valence-corrected chi connectivity index (χ0v) is 49.9. The summed E-state index contributed by atoms with van der Waals surface area (Å²) in [5.74, 6) is 0. The van der Waals surface area contributed by atoms with Crippen molar-refractivity contribution >= 4 is 74.3 Å². The Hall–Kier alpha value is -6.78. The molecule has 4 aliphatic rings. The van der Waals surface area contributed by atoms with Gasteiger partial charge in [-0.2, -0.15) is 0 Å². The highest BCUT2D eigenvalue weighted by atomic mass is 15.2. The Morgan fingerprint density at radius 1 is 0.372 bits per heavy atom. The predicted molar refractivity (Wildman–Crippen MR) is 338 cm³/mol. The van der Waals surface area contributed by atoms with Crippen LogP contribution in [0.2, 0.25) is 0 Å². The molecule has 0 fully saturated rings. The van der Waals surface area contributed by atoms with Crippen molar-refractivity contribution in [2.45, 2.75) is 168 Å². The van der Waals surface area contributed by atoms with Crippen molar-refractivity contribution in [1.82, 2.24) is 0 Å². The third kappa shape index (κ3) is 8.37. The Morgan fingerprint density at radius 3 is 1.38 bits per heavy atom. The molecule has 0 atom stereocenters. The van der Waals surface area contributed by atoms with E-state index in [2.05, 4.69) is 296 Å². The van der Waals surface area contributed by atoms with Crippen LogP contribution in [0.5, 0.6) is 0 Å². The molecule has 8 aromatic carbocycles. The van der Waals surface area contributed by atoms with Gasteiger partial charge in [-0.15, -0.1) is 0 Å². The molecule has 0 radical (unpaired) electrons. The zero-order valence-electron chi connectivity index (χ0n) is 49.9. The molecule has 3 nitrogen and oxygen atoms in total. The Morgan fingerprint density at radius 2 is 0.833 bits per heavy atom. The van der Waals surface area contributed by atoms with E-state index in [-0.39, 0.29) is 44.6 Å². The zero-order chi connectivity index (χ0) is 55.4. The number of para-hydroxylation sites is 2. The Balaban J connectivity index is 1.25. The summed E-state index contributed by atoms with van der Waals surface area (Å²) in [4.78, 5) is 7.86. The average molecular weight is 1020 g/mol. The second-order valence-corrected chi connectivity index (χ2v) is 29.4. The van der Waals surface area contributed by atoms with Crippen LogP contribution < -0.4 is 31.1 Å². The molecule has 12 rings (SSSR count). The van der Waals surface area contributed by atoms with E-state index in [0.717, 1.165) is 29.9 Å². The molecule has 2 heterocycles. The summed E-state index contributed by atoms with van der Waals surface area (Å²) in [6, 6.07) is 64.2. The second-order valence-electron chi connectivity index (χ2n) is 29.4. The van der Waals surface area contributed by atoms with E-state index in [1.54, 1.807) is 0 Å². The Bertz CT molecular complexity index is 3650. The molecular formula is C74H82BN3. The topological polar surface area (TPSA) is 9.72 Å². The smallest absolute Gasteiger partial charge is 0.252 e. The van der Waals surface area contributed by atoms with Crippen molar-refractivity contribution in [2.75, 3.05) is 14.7 Å². The first kappa shape index (κ1) is 52.0. The van der Waals surface area contributed by atoms with Gasteiger partial charge in [0.15, 0.2) is 0 Å². The second kappa shape index (κ2) is 17.4. The van der Waals surface area contributed by atoms with E-state index in [4.69, 9.17) is 0 Å². The molecule has 0 saturated carbocycles. The van der Waals surface area contributed by atoms with Gasteiger partial charge in [0.05, 0.1) is 11.4 Å². The quantitative estimate of drug-likeness (QED) is 0.154. The molecule has 2 aliphatic heterocycles. The van der Waals surface area contributed by atoms with Gasteiger partial charge in [0.2, 0.25) is 0 Å². The van der Waals surface area contributed by atoms with Gasteiger partial charge < -0.3 is 14.7 Å². The monoisotopic (exact) mass is 1020 g/mol. The summed E-state index contributed by atoms with van der Waals surface area (Å²) < 4.78 is 0. The molecule has 0 saturated heterocycles. The van der Waals surface area contributed by atoms with Gasteiger partial charge >= 0.3 is 0 Å². The molecule has 0 amide bonds. The predicted octanol–water partition coefficient (Wildman–Crippen LogP) is 18.7. The average Bonchev–Trinajstić information content (AvgIpc) is 3.73. The molecule has 396 valence electrons. The number of hydrogen-bond donors (Lipinski definition) is 0. The molecule has 0 spiro atoms. The number of benzene rings is 8. The van der Waals surface area contributed by atoms with Crippen LogP contribution in [0.15, 0.2) is 164 Å². The van der Waals surface area contributed by atoms with Crippen LogP contribution in [0.1, 0.15) is 169 Å². The maximum absolute atomic E-state index is 2.71. The lowest BCUT2D eigenvalue weighted by Gasteiger charge is -2.46. The van der Waals surface area contributed by atoms with Crippen LogP contribution in [0, 0.1) is 0 Å². The lowest BCUT2D eigenvalue weighted by molar-refractivity contribution is 0.403. The van der Waals surface area contributed by atoms with Gasteiger partial charge in [0.25, 0.3) is 6.71 Å². The van der Waals surface area contributed by atoms with Crippen LogP contribution in [0.25, 0.3) is 11.1 Å². The summed E-state index contributed by atoms with van der Waals surface area (Å²) in [5.41, 5.74) is 27.1. The lowest BCUT2D eigenvalue weighted by atomic mass is 9.33. The van der Waals surface area contributed by atoms with Crippen LogP contribution in [0.3, 0.4) is 0 Å². The van der Waals surface area contributed by atoms with Crippen molar-refractivity contribution in [2.24, 2.45) is 0 Å². The van der Waals surface area contributed by atoms with Gasteiger partial charge in [0.1, 0.15) is 0 Å². The molecule has 0 aromatic heterocycles. The first-order valence-electron chi connectivity index (χ1n) is 29.0. The molecule has 2 aliphatic carbocycles.